The summed E-state index contributed by atoms with van der Waals surface area (Å²) in [6, 6.07) is 16.1. The molecule has 0 bridgehead atoms. The number of nitrogens with two attached hydrogens (primary N) is 1. The molecule has 4 rings (SSSR count). The van der Waals surface area contributed by atoms with Crippen molar-refractivity contribution in [1.29, 1.82) is 0 Å². The highest BCUT2D eigenvalue weighted by Crippen LogP contribution is 2.29. The molecule has 208 valence electrons. The van der Waals surface area contributed by atoms with Gasteiger partial charge in [0.15, 0.2) is 0 Å². The van der Waals surface area contributed by atoms with Crippen molar-refractivity contribution >= 4 is 33.6 Å². The highest BCUT2D eigenvalue weighted by Gasteiger charge is 2.20. The van der Waals surface area contributed by atoms with Crippen LogP contribution in [0.2, 0.25) is 0 Å². The molecule has 39 heavy (non-hydrogen) atoms. The van der Waals surface area contributed by atoms with E-state index in [-0.39, 0.29) is 17.7 Å². The number of nitrogens with one attached hydrogen (secondary N) is 4. The maximum absolute atomic E-state index is 12.3. The molecule has 6 N–H and O–H groups in total. The minimum atomic E-state index is -0.241. The number of carbonyl (C=O) groups excluding carboxylic acids is 2. The molecule has 7 nitrogen and oxygen atoms in total. The van der Waals surface area contributed by atoms with Crippen molar-refractivity contribution in [2.45, 2.75) is 70.1 Å². The van der Waals surface area contributed by atoms with Crippen molar-refractivity contribution in [1.82, 2.24) is 20.6 Å². The zero-order valence-corrected chi connectivity index (χ0v) is 22.9. The zero-order chi connectivity index (χ0) is 27.3. The van der Waals surface area contributed by atoms with Gasteiger partial charge in [-0.2, -0.15) is 0 Å². The quantitative estimate of drug-likeness (QED) is 0.107. The van der Waals surface area contributed by atoms with E-state index >= 15 is 0 Å². The van der Waals surface area contributed by atoms with Crippen LogP contribution in [0.3, 0.4) is 0 Å². The van der Waals surface area contributed by atoms with Gasteiger partial charge in [-0.3, -0.25) is 9.59 Å². The number of aromatic amines is 2. The number of fused-ring (bicyclic) bond motifs is 2. The van der Waals surface area contributed by atoms with Crippen LogP contribution < -0.4 is 16.4 Å². The van der Waals surface area contributed by atoms with Crippen LogP contribution in [0.5, 0.6) is 0 Å². The molecule has 0 radical (unpaired) electrons. The fourth-order valence-electron chi connectivity index (χ4n) is 5.38. The molecule has 0 aliphatic rings. The fourth-order valence-corrected chi connectivity index (χ4v) is 5.38. The van der Waals surface area contributed by atoms with Crippen molar-refractivity contribution in [2.24, 2.45) is 5.73 Å². The first-order valence-corrected chi connectivity index (χ1v) is 14.5. The Morgan fingerprint density at radius 2 is 1.31 bits per heavy atom. The second-order valence-corrected chi connectivity index (χ2v) is 10.5. The maximum Gasteiger partial charge on any atom is 0.225 e. The van der Waals surface area contributed by atoms with Gasteiger partial charge in [-0.05, 0) is 62.0 Å². The van der Waals surface area contributed by atoms with Gasteiger partial charge in [-0.15, -0.1) is 0 Å². The summed E-state index contributed by atoms with van der Waals surface area (Å²) in [4.78, 5) is 30.8. The van der Waals surface area contributed by atoms with Crippen molar-refractivity contribution in [3.05, 3.63) is 72.1 Å². The molecule has 0 fully saturated rings. The lowest BCUT2D eigenvalue weighted by atomic mass is 9.92. The second-order valence-electron chi connectivity index (χ2n) is 10.5. The van der Waals surface area contributed by atoms with Crippen LogP contribution in [-0.2, 0) is 16.0 Å². The van der Waals surface area contributed by atoms with Crippen molar-refractivity contribution in [3.8, 4) is 0 Å². The number of primary amides is 1. The van der Waals surface area contributed by atoms with E-state index in [9.17, 15) is 9.59 Å². The van der Waals surface area contributed by atoms with Crippen LogP contribution in [0.4, 0.5) is 0 Å². The third kappa shape index (κ3) is 8.45. The molecule has 1 unspecified atom stereocenters. The van der Waals surface area contributed by atoms with E-state index in [0.29, 0.717) is 6.42 Å². The molecule has 0 saturated heterocycles. The summed E-state index contributed by atoms with van der Waals surface area (Å²) >= 11 is 0. The predicted octanol–water partition coefficient (Wildman–Crippen LogP) is 5.68. The minimum Gasteiger partial charge on any atom is -0.369 e. The van der Waals surface area contributed by atoms with Gasteiger partial charge in [0.25, 0.3) is 0 Å². The molecule has 1 atom stereocenters. The van der Waals surface area contributed by atoms with Gasteiger partial charge in [0, 0.05) is 40.7 Å². The van der Waals surface area contributed by atoms with E-state index in [1.54, 1.807) is 0 Å². The number of para-hydroxylation sites is 2. The lowest BCUT2D eigenvalue weighted by molar-refractivity contribution is -0.120. The van der Waals surface area contributed by atoms with Crippen LogP contribution in [0.1, 0.15) is 74.8 Å². The Labute approximate surface area is 231 Å². The summed E-state index contributed by atoms with van der Waals surface area (Å²) < 4.78 is 0. The van der Waals surface area contributed by atoms with Crippen LogP contribution in [0.15, 0.2) is 60.9 Å². The number of hydrogen-bond donors (Lipinski definition) is 5. The molecule has 2 amide bonds. The normalized spacial score (nSPS) is 12.2. The summed E-state index contributed by atoms with van der Waals surface area (Å²) in [6.45, 7) is 2.81. The van der Waals surface area contributed by atoms with E-state index < -0.39 is 0 Å². The van der Waals surface area contributed by atoms with Crippen molar-refractivity contribution < 1.29 is 9.59 Å². The zero-order valence-electron chi connectivity index (χ0n) is 22.9. The number of aromatic nitrogens is 2. The molecular formula is C32H43N5O2. The van der Waals surface area contributed by atoms with Crippen molar-refractivity contribution in [3.63, 3.8) is 0 Å². The Bertz CT molecular complexity index is 1320. The highest BCUT2D eigenvalue weighted by molar-refractivity contribution is 5.91. The van der Waals surface area contributed by atoms with Crippen LogP contribution in [0, 0.1) is 0 Å². The van der Waals surface area contributed by atoms with Gasteiger partial charge in [0.2, 0.25) is 11.8 Å². The van der Waals surface area contributed by atoms with Crippen LogP contribution >= 0.6 is 0 Å². The molecular weight excluding hydrogens is 486 g/mol. The number of benzene rings is 2. The monoisotopic (exact) mass is 529 g/mol. The molecule has 2 aromatic carbocycles. The lowest BCUT2D eigenvalue weighted by Gasteiger charge is -2.13. The van der Waals surface area contributed by atoms with E-state index in [0.717, 1.165) is 104 Å². The Hall–Kier alpha value is -3.58. The first kappa shape index (κ1) is 28.4. The third-order valence-electron chi connectivity index (χ3n) is 7.56. The van der Waals surface area contributed by atoms with Gasteiger partial charge in [-0.25, -0.2) is 0 Å². The molecule has 4 aromatic rings. The summed E-state index contributed by atoms with van der Waals surface area (Å²) in [5, 5.41) is 8.82. The van der Waals surface area contributed by atoms with Crippen LogP contribution in [-0.4, -0.2) is 41.4 Å². The largest absolute Gasteiger partial charge is 0.369 e. The predicted molar refractivity (Wildman–Crippen MR) is 160 cm³/mol. The maximum atomic E-state index is 12.3. The van der Waals surface area contributed by atoms with Gasteiger partial charge in [0.05, 0.1) is 12.3 Å². The van der Waals surface area contributed by atoms with E-state index in [2.05, 4.69) is 26.7 Å². The van der Waals surface area contributed by atoms with E-state index in [4.69, 9.17) is 5.73 Å². The molecule has 7 heteroatoms. The summed E-state index contributed by atoms with van der Waals surface area (Å²) in [5.41, 5.74) is 9.93. The van der Waals surface area contributed by atoms with Gasteiger partial charge >= 0.3 is 0 Å². The fraction of sp³-hybridized carbons (Fsp3) is 0.438. The Morgan fingerprint density at radius 1 is 0.718 bits per heavy atom. The number of amides is 2. The summed E-state index contributed by atoms with van der Waals surface area (Å²) in [6.07, 6.45) is 14.0. The summed E-state index contributed by atoms with van der Waals surface area (Å²) in [5.74, 6) is -0.383. The van der Waals surface area contributed by atoms with Gasteiger partial charge in [-0.1, -0.05) is 68.5 Å². The van der Waals surface area contributed by atoms with E-state index in [1.807, 2.05) is 54.9 Å². The Kier molecular flexibility index (Phi) is 11.0. The average molecular weight is 530 g/mol. The highest BCUT2D eigenvalue weighted by atomic mass is 16.2. The molecule has 0 aliphatic carbocycles. The second kappa shape index (κ2) is 15.1. The van der Waals surface area contributed by atoms with E-state index in [1.165, 1.54) is 6.42 Å². The molecule has 0 spiro atoms. The molecule has 2 heterocycles. The topological polar surface area (TPSA) is 116 Å². The summed E-state index contributed by atoms with van der Waals surface area (Å²) in [7, 11) is 0. The third-order valence-corrected chi connectivity index (χ3v) is 7.56. The number of unbranched alkanes of at least 4 members (excludes halogenated alkanes) is 6. The first-order valence-electron chi connectivity index (χ1n) is 14.5. The number of hydrogen-bond acceptors (Lipinski definition) is 3. The number of carbonyl (C=O) groups is 2. The van der Waals surface area contributed by atoms with Crippen LogP contribution in [0.25, 0.3) is 21.8 Å². The van der Waals surface area contributed by atoms with Gasteiger partial charge in [0.1, 0.15) is 0 Å². The standard InChI is InChI=1S/C32H43N5O2/c33-32(39)27(28-23-37-30-17-9-7-14-26(28)30)15-5-1-2-10-18-34-19-11-3-4-12-20-35-31(38)21-24-22-36-29-16-8-6-13-25(24)29/h6-9,13-14,16-17,22-23,27,34,36-37H,1-5,10-12,15,18-21H2,(H2,33,39)(H,35,38). The SMILES string of the molecule is NC(=O)C(CCCCCCNCCCCCCNC(=O)Cc1c[nH]c2ccccc12)c1c[nH]c2ccccc12. The smallest absolute Gasteiger partial charge is 0.225 e. The minimum absolute atomic E-state index is 0.0875. The number of rotatable bonds is 18. The number of H-pyrrole nitrogens is 2. The molecule has 2 aromatic heterocycles. The first-order chi connectivity index (χ1) is 19.1. The average Bonchev–Trinajstić information content (AvgIpc) is 3.55. The lowest BCUT2D eigenvalue weighted by Crippen LogP contribution is -2.26. The Balaban J connectivity index is 0.966. The molecule has 0 aliphatic heterocycles. The molecule has 0 saturated carbocycles. The van der Waals surface area contributed by atoms with Crippen molar-refractivity contribution in [2.75, 3.05) is 19.6 Å². The van der Waals surface area contributed by atoms with Gasteiger partial charge < -0.3 is 26.3 Å². The Morgan fingerprint density at radius 3 is 2.03 bits per heavy atom.